The van der Waals surface area contributed by atoms with Crippen molar-refractivity contribution < 1.29 is 4.74 Å². The summed E-state index contributed by atoms with van der Waals surface area (Å²) < 4.78 is 5.80. The number of unbranched alkanes of at least 4 members (excludes halogenated alkanes) is 3. The Morgan fingerprint density at radius 2 is 1.48 bits per heavy atom. The van der Waals surface area contributed by atoms with Gasteiger partial charge >= 0.3 is 0 Å². The van der Waals surface area contributed by atoms with E-state index in [-0.39, 0.29) is 0 Å². The van der Waals surface area contributed by atoms with E-state index in [9.17, 15) is 0 Å². The molecule has 1 heterocycles. The largest absolute Gasteiger partial charge is 0.494 e. The van der Waals surface area contributed by atoms with Crippen molar-refractivity contribution in [3.05, 3.63) is 72.9 Å². The number of nitrogens with zero attached hydrogens (tertiary/aromatic N) is 1. The highest BCUT2D eigenvalue weighted by Crippen LogP contribution is 2.24. The molecule has 2 heteroatoms. The van der Waals surface area contributed by atoms with Crippen molar-refractivity contribution in [3.8, 4) is 28.1 Å². The lowest BCUT2D eigenvalue weighted by molar-refractivity contribution is 0.305. The standard InChI is InChI=1S/C23H25NO/c1-2-3-4-8-17-25-22-14-11-20(12-15-22)23-16-13-21(18-24-23)19-9-6-5-7-10-19/h5-7,9-16,18H,2-4,8,17H2,1H3. The van der Waals surface area contributed by atoms with Gasteiger partial charge in [0.15, 0.2) is 0 Å². The van der Waals surface area contributed by atoms with Crippen LogP contribution in [0.2, 0.25) is 0 Å². The lowest BCUT2D eigenvalue weighted by atomic mass is 10.1. The van der Waals surface area contributed by atoms with Crippen LogP contribution >= 0.6 is 0 Å². The number of hydrogen-bond acceptors (Lipinski definition) is 2. The van der Waals surface area contributed by atoms with Gasteiger partial charge in [-0.2, -0.15) is 0 Å². The molecule has 0 saturated carbocycles. The summed E-state index contributed by atoms with van der Waals surface area (Å²) in [6.07, 6.45) is 6.84. The van der Waals surface area contributed by atoms with Gasteiger partial charge in [0, 0.05) is 17.3 Å². The fourth-order valence-electron chi connectivity index (χ4n) is 2.81. The molecule has 0 aliphatic carbocycles. The van der Waals surface area contributed by atoms with Gasteiger partial charge in [-0.25, -0.2) is 0 Å². The van der Waals surface area contributed by atoms with Crippen molar-refractivity contribution in [1.82, 2.24) is 4.98 Å². The molecule has 0 N–H and O–H groups in total. The molecule has 128 valence electrons. The minimum absolute atomic E-state index is 0.795. The average Bonchev–Trinajstić information content (AvgIpc) is 2.69. The number of ether oxygens (including phenoxy) is 1. The van der Waals surface area contributed by atoms with Gasteiger partial charge in [-0.15, -0.1) is 0 Å². The summed E-state index contributed by atoms with van der Waals surface area (Å²) in [5.41, 5.74) is 4.41. The maximum Gasteiger partial charge on any atom is 0.119 e. The molecule has 1 aromatic heterocycles. The number of pyridine rings is 1. The van der Waals surface area contributed by atoms with E-state index in [1.54, 1.807) is 0 Å². The monoisotopic (exact) mass is 331 g/mol. The van der Waals surface area contributed by atoms with Crippen LogP contribution in [-0.2, 0) is 0 Å². The Kier molecular flexibility index (Phi) is 6.22. The molecular formula is C23H25NO. The highest BCUT2D eigenvalue weighted by molar-refractivity contribution is 5.66. The van der Waals surface area contributed by atoms with E-state index in [0.717, 1.165) is 35.6 Å². The smallest absolute Gasteiger partial charge is 0.119 e. The van der Waals surface area contributed by atoms with Crippen molar-refractivity contribution >= 4 is 0 Å². The van der Waals surface area contributed by atoms with Crippen LogP contribution in [0.1, 0.15) is 32.6 Å². The first kappa shape index (κ1) is 17.2. The summed E-state index contributed by atoms with van der Waals surface area (Å²) >= 11 is 0. The first-order valence-corrected chi connectivity index (χ1v) is 9.11. The molecule has 25 heavy (non-hydrogen) atoms. The van der Waals surface area contributed by atoms with E-state index in [1.807, 2.05) is 36.5 Å². The first-order valence-electron chi connectivity index (χ1n) is 9.11. The second kappa shape index (κ2) is 9.03. The summed E-state index contributed by atoms with van der Waals surface area (Å²) in [6, 6.07) is 22.7. The number of rotatable bonds is 8. The van der Waals surface area contributed by atoms with Gasteiger partial charge < -0.3 is 4.74 Å². The van der Waals surface area contributed by atoms with Gasteiger partial charge in [0.05, 0.1) is 12.3 Å². The number of benzene rings is 2. The lowest BCUT2D eigenvalue weighted by Crippen LogP contribution is -1.97. The summed E-state index contributed by atoms with van der Waals surface area (Å²) in [6.45, 7) is 3.02. The van der Waals surface area contributed by atoms with Crippen LogP contribution in [0.15, 0.2) is 72.9 Å². The normalized spacial score (nSPS) is 10.6. The van der Waals surface area contributed by atoms with Crippen LogP contribution in [0.4, 0.5) is 0 Å². The molecule has 0 bridgehead atoms. The van der Waals surface area contributed by atoms with Crippen LogP contribution in [0.25, 0.3) is 22.4 Å². The third-order valence-electron chi connectivity index (χ3n) is 4.29. The molecular weight excluding hydrogens is 306 g/mol. The van der Waals surface area contributed by atoms with E-state index >= 15 is 0 Å². The maximum atomic E-state index is 5.80. The van der Waals surface area contributed by atoms with Gasteiger partial charge in [-0.1, -0.05) is 62.6 Å². The van der Waals surface area contributed by atoms with Crippen LogP contribution < -0.4 is 4.74 Å². The van der Waals surface area contributed by atoms with Gasteiger partial charge in [-0.3, -0.25) is 4.98 Å². The molecule has 0 aliphatic heterocycles. The van der Waals surface area contributed by atoms with Gasteiger partial charge in [0.2, 0.25) is 0 Å². The highest BCUT2D eigenvalue weighted by Gasteiger charge is 2.02. The fourth-order valence-corrected chi connectivity index (χ4v) is 2.81. The Morgan fingerprint density at radius 1 is 0.720 bits per heavy atom. The molecule has 0 atom stereocenters. The predicted octanol–water partition coefficient (Wildman–Crippen LogP) is 6.37. The third-order valence-corrected chi connectivity index (χ3v) is 4.29. The van der Waals surface area contributed by atoms with Crippen LogP contribution in [-0.4, -0.2) is 11.6 Å². The Labute approximate surface area is 150 Å². The van der Waals surface area contributed by atoms with Crippen molar-refractivity contribution in [1.29, 1.82) is 0 Å². The molecule has 0 unspecified atom stereocenters. The summed E-state index contributed by atoms with van der Waals surface area (Å²) in [4.78, 5) is 4.61. The third kappa shape index (κ3) is 4.93. The molecule has 2 aromatic carbocycles. The zero-order valence-electron chi connectivity index (χ0n) is 14.8. The average molecular weight is 331 g/mol. The number of aromatic nitrogens is 1. The molecule has 0 amide bonds. The Hall–Kier alpha value is -2.61. The van der Waals surface area contributed by atoms with E-state index in [0.29, 0.717) is 0 Å². The minimum atomic E-state index is 0.795. The molecule has 3 rings (SSSR count). The van der Waals surface area contributed by atoms with Crippen LogP contribution in [0, 0.1) is 0 Å². The predicted molar refractivity (Wildman–Crippen MR) is 105 cm³/mol. The van der Waals surface area contributed by atoms with Gasteiger partial charge in [0.25, 0.3) is 0 Å². The summed E-state index contributed by atoms with van der Waals surface area (Å²) in [7, 11) is 0. The first-order chi connectivity index (χ1) is 12.4. The topological polar surface area (TPSA) is 22.1 Å². The zero-order valence-corrected chi connectivity index (χ0v) is 14.8. The Bertz CT molecular complexity index is 748. The second-order valence-corrected chi connectivity index (χ2v) is 6.23. The van der Waals surface area contributed by atoms with E-state index in [4.69, 9.17) is 4.74 Å². The van der Waals surface area contributed by atoms with Crippen molar-refractivity contribution in [2.45, 2.75) is 32.6 Å². The second-order valence-electron chi connectivity index (χ2n) is 6.23. The fraction of sp³-hybridized carbons (Fsp3) is 0.261. The lowest BCUT2D eigenvalue weighted by Gasteiger charge is -2.08. The van der Waals surface area contributed by atoms with Crippen LogP contribution in [0.3, 0.4) is 0 Å². The van der Waals surface area contributed by atoms with Crippen molar-refractivity contribution in [2.75, 3.05) is 6.61 Å². The molecule has 0 saturated heterocycles. The minimum Gasteiger partial charge on any atom is -0.494 e. The quantitative estimate of drug-likeness (QED) is 0.447. The van der Waals surface area contributed by atoms with Gasteiger partial charge in [-0.05, 0) is 42.3 Å². The molecule has 3 aromatic rings. The van der Waals surface area contributed by atoms with Crippen molar-refractivity contribution in [3.63, 3.8) is 0 Å². The van der Waals surface area contributed by atoms with E-state index < -0.39 is 0 Å². The Morgan fingerprint density at radius 3 is 2.16 bits per heavy atom. The summed E-state index contributed by atoms with van der Waals surface area (Å²) in [5, 5.41) is 0. The molecule has 0 fully saturated rings. The van der Waals surface area contributed by atoms with Crippen molar-refractivity contribution in [2.24, 2.45) is 0 Å². The van der Waals surface area contributed by atoms with Crippen LogP contribution in [0.5, 0.6) is 5.75 Å². The zero-order chi connectivity index (χ0) is 17.3. The molecule has 0 radical (unpaired) electrons. The molecule has 0 spiro atoms. The van der Waals surface area contributed by atoms with E-state index in [1.165, 1.54) is 24.8 Å². The SMILES string of the molecule is CCCCCCOc1ccc(-c2ccc(-c3ccccc3)cn2)cc1. The summed E-state index contributed by atoms with van der Waals surface area (Å²) in [5.74, 6) is 0.932. The number of hydrogen-bond donors (Lipinski definition) is 0. The highest BCUT2D eigenvalue weighted by atomic mass is 16.5. The van der Waals surface area contributed by atoms with Gasteiger partial charge in [0.1, 0.15) is 5.75 Å². The maximum absolute atomic E-state index is 5.80. The molecule has 2 nitrogen and oxygen atoms in total. The van der Waals surface area contributed by atoms with E-state index in [2.05, 4.69) is 48.3 Å². The molecule has 0 aliphatic rings. The Balaban J connectivity index is 1.60.